The summed E-state index contributed by atoms with van der Waals surface area (Å²) in [6, 6.07) is 7.82. The van der Waals surface area contributed by atoms with Gasteiger partial charge in [0.1, 0.15) is 0 Å². The summed E-state index contributed by atoms with van der Waals surface area (Å²) in [6.07, 6.45) is 3.70. The van der Waals surface area contributed by atoms with Gasteiger partial charge in [-0.25, -0.2) is 9.59 Å². The van der Waals surface area contributed by atoms with Crippen LogP contribution in [0.3, 0.4) is 0 Å². The maximum Gasteiger partial charge on any atom is 0.350 e. The Bertz CT molecular complexity index is 681. The van der Waals surface area contributed by atoms with Crippen molar-refractivity contribution in [3.8, 4) is 0 Å². The van der Waals surface area contributed by atoms with E-state index in [2.05, 4.69) is 10.2 Å². The molecule has 7 heteroatoms. The average molecular weight is 360 g/mol. The third-order valence-electron chi connectivity index (χ3n) is 4.51. The standard InChI is InChI=1S/C19H24N2O5/c1-19(2)25-17(22)16(18(23)26-19)12-20-13-4-6-14(7-5-13)21-10-8-15(24-3)9-11-21/h4-7,12,15,20H,8-11H2,1-3H3. The number of benzene rings is 1. The van der Waals surface area contributed by atoms with Gasteiger partial charge in [-0.3, -0.25) is 0 Å². The number of piperidine rings is 1. The van der Waals surface area contributed by atoms with Crippen LogP contribution in [-0.4, -0.2) is 44.0 Å². The molecule has 0 aromatic heterocycles. The first-order valence-electron chi connectivity index (χ1n) is 8.69. The van der Waals surface area contributed by atoms with Crippen LogP contribution in [0.1, 0.15) is 26.7 Å². The van der Waals surface area contributed by atoms with E-state index in [0.29, 0.717) is 6.10 Å². The fourth-order valence-corrected chi connectivity index (χ4v) is 3.05. The Kier molecular flexibility index (Phi) is 5.18. The average Bonchev–Trinajstić information content (AvgIpc) is 2.61. The quantitative estimate of drug-likeness (QED) is 0.502. The lowest BCUT2D eigenvalue weighted by atomic mass is 10.1. The number of carbonyl (C=O) groups is 2. The van der Waals surface area contributed by atoms with Crippen LogP contribution >= 0.6 is 0 Å². The summed E-state index contributed by atoms with van der Waals surface area (Å²) in [5.41, 5.74) is 1.74. The molecule has 0 atom stereocenters. The summed E-state index contributed by atoms with van der Waals surface area (Å²) in [4.78, 5) is 26.1. The molecule has 2 aliphatic heterocycles. The van der Waals surface area contributed by atoms with Crippen LogP contribution in [-0.2, 0) is 23.8 Å². The van der Waals surface area contributed by atoms with Crippen molar-refractivity contribution in [1.82, 2.24) is 0 Å². The van der Waals surface area contributed by atoms with Crippen molar-refractivity contribution in [3.63, 3.8) is 0 Å². The zero-order valence-corrected chi connectivity index (χ0v) is 15.3. The Morgan fingerprint density at radius 1 is 1.12 bits per heavy atom. The summed E-state index contributed by atoms with van der Waals surface area (Å²) in [7, 11) is 1.76. The van der Waals surface area contributed by atoms with Crippen molar-refractivity contribution in [2.75, 3.05) is 30.4 Å². The van der Waals surface area contributed by atoms with E-state index in [1.807, 2.05) is 24.3 Å². The van der Waals surface area contributed by atoms with E-state index in [4.69, 9.17) is 14.2 Å². The number of methoxy groups -OCH3 is 1. The van der Waals surface area contributed by atoms with Crippen molar-refractivity contribution in [2.45, 2.75) is 38.6 Å². The van der Waals surface area contributed by atoms with Gasteiger partial charge in [0.25, 0.3) is 5.79 Å². The second kappa shape index (κ2) is 7.37. The molecule has 1 aromatic carbocycles. The number of ether oxygens (including phenoxy) is 3. The van der Waals surface area contributed by atoms with Gasteiger partial charge in [0.2, 0.25) is 0 Å². The molecular weight excluding hydrogens is 336 g/mol. The highest BCUT2D eigenvalue weighted by molar-refractivity contribution is 6.15. The van der Waals surface area contributed by atoms with E-state index in [-0.39, 0.29) is 5.57 Å². The Morgan fingerprint density at radius 3 is 2.23 bits per heavy atom. The monoisotopic (exact) mass is 360 g/mol. The summed E-state index contributed by atoms with van der Waals surface area (Å²) >= 11 is 0. The number of esters is 2. The molecule has 1 aromatic rings. The molecule has 0 radical (unpaired) electrons. The van der Waals surface area contributed by atoms with Gasteiger partial charge in [-0.2, -0.15) is 0 Å². The molecule has 1 N–H and O–H groups in total. The molecule has 0 saturated carbocycles. The van der Waals surface area contributed by atoms with E-state index < -0.39 is 17.7 Å². The number of nitrogens with one attached hydrogen (secondary N) is 1. The first kappa shape index (κ1) is 18.3. The molecule has 0 aliphatic carbocycles. The zero-order chi connectivity index (χ0) is 18.7. The zero-order valence-electron chi connectivity index (χ0n) is 15.3. The minimum Gasteiger partial charge on any atom is -0.419 e. The van der Waals surface area contributed by atoms with E-state index in [9.17, 15) is 9.59 Å². The molecule has 140 valence electrons. The molecule has 0 spiro atoms. The second-order valence-electron chi connectivity index (χ2n) is 6.85. The van der Waals surface area contributed by atoms with Gasteiger partial charge in [0, 0.05) is 51.6 Å². The van der Waals surface area contributed by atoms with Crippen molar-refractivity contribution in [3.05, 3.63) is 36.0 Å². The Balaban J connectivity index is 1.61. The van der Waals surface area contributed by atoms with E-state index >= 15 is 0 Å². The van der Waals surface area contributed by atoms with E-state index in [1.54, 1.807) is 7.11 Å². The maximum atomic E-state index is 11.9. The van der Waals surface area contributed by atoms with Gasteiger partial charge in [-0.05, 0) is 37.1 Å². The molecule has 0 unspecified atom stereocenters. The van der Waals surface area contributed by atoms with Crippen LogP contribution in [0.2, 0.25) is 0 Å². The third-order valence-corrected chi connectivity index (χ3v) is 4.51. The van der Waals surface area contributed by atoms with Gasteiger partial charge in [-0.15, -0.1) is 0 Å². The lowest BCUT2D eigenvalue weighted by Gasteiger charge is -2.33. The number of nitrogens with zero attached hydrogens (tertiary/aromatic N) is 1. The van der Waals surface area contributed by atoms with Gasteiger partial charge in [0.05, 0.1) is 6.10 Å². The number of hydrogen-bond acceptors (Lipinski definition) is 7. The first-order chi connectivity index (χ1) is 12.4. The number of anilines is 2. The second-order valence-corrected chi connectivity index (χ2v) is 6.85. The molecule has 7 nitrogen and oxygen atoms in total. The molecular formula is C19H24N2O5. The lowest BCUT2D eigenvalue weighted by Crippen LogP contribution is -2.42. The largest absolute Gasteiger partial charge is 0.419 e. The van der Waals surface area contributed by atoms with Crippen molar-refractivity contribution >= 4 is 23.3 Å². The predicted octanol–water partition coefficient (Wildman–Crippen LogP) is 2.43. The first-order valence-corrected chi connectivity index (χ1v) is 8.69. The molecule has 0 amide bonds. The highest BCUT2D eigenvalue weighted by Gasteiger charge is 2.38. The summed E-state index contributed by atoms with van der Waals surface area (Å²) < 4.78 is 15.5. The SMILES string of the molecule is COC1CCN(c2ccc(NC=C3C(=O)OC(C)(C)OC3=O)cc2)CC1. The molecule has 2 heterocycles. The molecule has 26 heavy (non-hydrogen) atoms. The molecule has 3 rings (SSSR count). The van der Waals surface area contributed by atoms with Gasteiger partial charge in [0.15, 0.2) is 5.57 Å². The van der Waals surface area contributed by atoms with Crippen LogP contribution in [0.25, 0.3) is 0 Å². The van der Waals surface area contributed by atoms with Crippen LogP contribution < -0.4 is 10.2 Å². The molecule has 2 aliphatic rings. The Labute approximate surface area is 152 Å². The fourth-order valence-electron chi connectivity index (χ4n) is 3.05. The predicted molar refractivity (Wildman–Crippen MR) is 96.7 cm³/mol. The number of carbonyl (C=O) groups excluding carboxylic acids is 2. The Hall–Kier alpha value is -2.54. The van der Waals surface area contributed by atoms with Crippen LogP contribution in [0, 0.1) is 0 Å². The summed E-state index contributed by atoms with van der Waals surface area (Å²) in [6.45, 7) is 4.95. The fraction of sp³-hybridized carbons (Fsp3) is 0.474. The van der Waals surface area contributed by atoms with Crippen LogP contribution in [0.15, 0.2) is 36.0 Å². The minimum absolute atomic E-state index is 0.157. The third kappa shape index (κ3) is 4.16. The molecule has 2 saturated heterocycles. The van der Waals surface area contributed by atoms with Crippen LogP contribution in [0.4, 0.5) is 11.4 Å². The van der Waals surface area contributed by atoms with Gasteiger partial charge < -0.3 is 24.4 Å². The minimum atomic E-state index is -1.23. The van der Waals surface area contributed by atoms with E-state index in [1.165, 1.54) is 20.0 Å². The normalized spacial score (nSPS) is 20.4. The van der Waals surface area contributed by atoms with Crippen molar-refractivity contribution in [2.24, 2.45) is 0 Å². The highest BCUT2D eigenvalue weighted by Crippen LogP contribution is 2.25. The van der Waals surface area contributed by atoms with E-state index in [0.717, 1.165) is 37.3 Å². The van der Waals surface area contributed by atoms with Crippen LogP contribution in [0.5, 0.6) is 0 Å². The number of cyclic esters (lactones) is 2. The highest BCUT2D eigenvalue weighted by atomic mass is 16.7. The van der Waals surface area contributed by atoms with Gasteiger partial charge in [-0.1, -0.05) is 0 Å². The van der Waals surface area contributed by atoms with Crippen molar-refractivity contribution in [1.29, 1.82) is 0 Å². The topological polar surface area (TPSA) is 77.1 Å². The summed E-state index contributed by atoms with van der Waals surface area (Å²) in [5, 5.41) is 2.95. The smallest absolute Gasteiger partial charge is 0.350 e. The summed E-state index contributed by atoms with van der Waals surface area (Å²) in [5.74, 6) is -2.63. The molecule has 0 bridgehead atoms. The Morgan fingerprint density at radius 2 is 1.69 bits per heavy atom. The molecule has 2 fully saturated rings. The van der Waals surface area contributed by atoms with Crippen molar-refractivity contribution < 1.29 is 23.8 Å². The maximum absolute atomic E-state index is 11.9. The lowest BCUT2D eigenvalue weighted by molar-refractivity contribution is -0.222. The number of hydrogen-bond donors (Lipinski definition) is 1. The number of rotatable bonds is 4. The van der Waals surface area contributed by atoms with Gasteiger partial charge >= 0.3 is 11.9 Å².